The van der Waals surface area contributed by atoms with Crippen molar-refractivity contribution in [2.24, 2.45) is 0 Å². The zero-order valence-corrected chi connectivity index (χ0v) is 12.5. The monoisotopic (exact) mass is 305 g/mol. The number of hydrogen-bond acceptors (Lipinski definition) is 3. The third-order valence-corrected chi connectivity index (χ3v) is 4.63. The van der Waals surface area contributed by atoms with Crippen LogP contribution in [0.25, 0.3) is 0 Å². The number of carbonyl (C=O) groups excluding carboxylic acids is 1. The molecular formula is C15H16ClN3O2. The molecule has 3 rings (SSSR count). The number of methoxy groups -OCH3 is 1. The van der Waals surface area contributed by atoms with Gasteiger partial charge >= 0.3 is 6.03 Å². The first-order chi connectivity index (χ1) is 10.1. The molecule has 5 nitrogen and oxygen atoms in total. The summed E-state index contributed by atoms with van der Waals surface area (Å²) in [6.45, 7) is 0. The van der Waals surface area contributed by atoms with Crippen LogP contribution in [0, 0.1) is 11.3 Å². The summed E-state index contributed by atoms with van der Waals surface area (Å²) in [5.74, 6) is 0.506. The molecule has 0 saturated heterocycles. The van der Waals surface area contributed by atoms with Gasteiger partial charge in [-0.05, 0) is 18.9 Å². The summed E-state index contributed by atoms with van der Waals surface area (Å²) in [4.78, 5) is 12.0. The van der Waals surface area contributed by atoms with Crippen molar-refractivity contribution < 1.29 is 9.53 Å². The highest BCUT2D eigenvalue weighted by Gasteiger charge is 2.44. The highest BCUT2D eigenvalue weighted by molar-refractivity contribution is 6.34. The Hall–Kier alpha value is -1.93. The Morgan fingerprint density at radius 3 is 2.71 bits per heavy atom. The van der Waals surface area contributed by atoms with Gasteiger partial charge in [0.05, 0.1) is 28.9 Å². The topological polar surface area (TPSA) is 74.1 Å². The van der Waals surface area contributed by atoms with Gasteiger partial charge in [-0.3, -0.25) is 0 Å². The smallest absolute Gasteiger partial charge is 0.319 e. The highest BCUT2D eigenvalue weighted by atomic mass is 35.5. The number of nitrogens with one attached hydrogen (secondary N) is 2. The number of hydrogen-bond donors (Lipinski definition) is 2. The lowest BCUT2D eigenvalue weighted by atomic mass is 9.74. The first-order valence-electron chi connectivity index (χ1n) is 7.01. The van der Waals surface area contributed by atoms with E-state index in [0.717, 1.165) is 37.7 Å². The fourth-order valence-electron chi connectivity index (χ4n) is 3.46. The van der Waals surface area contributed by atoms with Crippen LogP contribution in [-0.4, -0.2) is 13.1 Å². The number of halogens is 1. The molecule has 1 aromatic rings. The van der Waals surface area contributed by atoms with E-state index in [9.17, 15) is 10.1 Å². The standard InChI is InChI=1S/C15H16ClN3O2/c1-21-13-9(8-17)7-10(16)12-11(13)15(19-14(20)18-12)5-3-2-4-6-15/h7H,2-6H2,1H3,(H2,18,19,20). The molecule has 1 aliphatic heterocycles. The largest absolute Gasteiger partial charge is 0.495 e. The minimum absolute atomic E-state index is 0.252. The molecule has 110 valence electrons. The molecule has 6 heteroatoms. The van der Waals surface area contributed by atoms with Crippen molar-refractivity contribution in [3.63, 3.8) is 0 Å². The molecule has 0 bridgehead atoms. The molecule has 2 N–H and O–H groups in total. The second-order valence-corrected chi connectivity index (χ2v) is 5.93. The fourth-order valence-corrected chi connectivity index (χ4v) is 3.71. The Balaban J connectivity index is 2.29. The van der Waals surface area contributed by atoms with Crippen LogP contribution in [0.1, 0.15) is 43.2 Å². The summed E-state index contributed by atoms with van der Waals surface area (Å²) in [7, 11) is 1.54. The highest BCUT2D eigenvalue weighted by Crippen LogP contribution is 2.50. The van der Waals surface area contributed by atoms with Crippen LogP contribution in [0.5, 0.6) is 5.75 Å². The minimum Gasteiger partial charge on any atom is -0.495 e. The summed E-state index contributed by atoms with van der Waals surface area (Å²) in [5, 5.41) is 15.5. The number of amides is 2. The van der Waals surface area contributed by atoms with Gasteiger partial charge in [-0.1, -0.05) is 30.9 Å². The number of carbonyl (C=O) groups is 1. The number of benzene rings is 1. The molecule has 1 aromatic carbocycles. The summed E-state index contributed by atoms with van der Waals surface area (Å²) in [5.41, 5.74) is 1.29. The first-order valence-corrected chi connectivity index (χ1v) is 7.39. The quantitative estimate of drug-likeness (QED) is 0.833. The van der Waals surface area contributed by atoms with E-state index < -0.39 is 5.54 Å². The SMILES string of the molecule is COc1c(C#N)cc(Cl)c2c1C1(CCCCC1)NC(=O)N2. The Morgan fingerprint density at radius 2 is 2.10 bits per heavy atom. The van der Waals surface area contributed by atoms with E-state index in [1.165, 1.54) is 7.11 Å². The van der Waals surface area contributed by atoms with E-state index in [4.69, 9.17) is 16.3 Å². The van der Waals surface area contributed by atoms with Crippen LogP contribution in [0.4, 0.5) is 10.5 Å². The zero-order chi connectivity index (χ0) is 15.0. The maximum absolute atomic E-state index is 12.0. The lowest BCUT2D eigenvalue weighted by Crippen LogP contribution is -2.53. The lowest BCUT2D eigenvalue weighted by molar-refractivity contribution is 0.205. The van der Waals surface area contributed by atoms with Gasteiger partial charge in [0.2, 0.25) is 0 Å². The van der Waals surface area contributed by atoms with Gasteiger partial charge in [-0.2, -0.15) is 5.26 Å². The Morgan fingerprint density at radius 1 is 1.38 bits per heavy atom. The average Bonchev–Trinajstić information content (AvgIpc) is 2.48. The molecule has 0 aromatic heterocycles. The Labute approximate surface area is 128 Å². The van der Waals surface area contributed by atoms with Gasteiger partial charge < -0.3 is 15.4 Å². The number of anilines is 1. The molecule has 2 amide bonds. The number of rotatable bonds is 1. The van der Waals surface area contributed by atoms with Crippen LogP contribution in [0.15, 0.2) is 6.07 Å². The summed E-state index contributed by atoms with van der Waals surface area (Å²) in [6.07, 6.45) is 4.85. The van der Waals surface area contributed by atoms with Crippen LogP contribution in [-0.2, 0) is 5.54 Å². The van der Waals surface area contributed by atoms with Gasteiger partial charge in [-0.25, -0.2) is 4.79 Å². The van der Waals surface area contributed by atoms with Crippen molar-refractivity contribution in [3.05, 3.63) is 22.2 Å². The number of nitrogens with zero attached hydrogens (tertiary/aromatic N) is 1. The van der Waals surface area contributed by atoms with Crippen molar-refractivity contribution in [2.45, 2.75) is 37.6 Å². The van der Waals surface area contributed by atoms with Crippen molar-refractivity contribution in [1.29, 1.82) is 5.26 Å². The number of urea groups is 1. The number of ether oxygens (including phenoxy) is 1. The van der Waals surface area contributed by atoms with Crippen LogP contribution in [0.3, 0.4) is 0 Å². The third kappa shape index (κ3) is 2.11. The van der Waals surface area contributed by atoms with Crippen molar-refractivity contribution in [2.75, 3.05) is 12.4 Å². The van der Waals surface area contributed by atoms with E-state index in [2.05, 4.69) is 16.7 Å². The molecule has 1 heterocycles. The second kappa shape index (κ2) is 5.12. The minimum atomic E-state index is -0.488. The van der Waals surface area contributed by atoms with Crippen LogP contribution in [0.2, 0.25) is 5.02 Å². The number of fused-ring (bicyclic) bond motifs is 2. The van der Waals surface area contributed by atoms with Crippen LogP contribution < -0.4 is 15.4 Å². The fraction of sp³-hybridized carbons (Fsp3) is 0.467. The van der Waals surface area contributed by atoms with E-state index in [0.29, 0.717) is 22.0 Å². The Bertz CT molecular complexity index is 645. The third-order valence-electron chi connectivity index (χ3n) is 4.33. The van der Waals surface area contributed by atoms with Crippen molar-refractivity contribution in [3.8, 4) is 11.8 Å². The Kier molecular flexibility index (Phi) is 3.42. The maximum Gasteiger partial charge on any atom is 0.319 e. The molecule has 21 heavy (non-hydrogen) atoms. The van der Waals surface area contributed by atoms with Crippen molar-refractivity contribution in [1.82, 2.24) is 5.32 Å². The molecule has 0 atom stereocenters. The predicted molar refractivity (Wildman–Crippen MR) is 79.6 cm³/mol. The van der Waals surface area contributed by atoms with E-state index in [1.54, 1.807) is 6.07 Å². The summed E-state index contributed by atoms with van der Waals surface area (Å²) < 4.78 is 5.48. The zero-order valence-electron chi connectivity index (χ0n) is 11.8. The van der Waals surface area contributed by atoms with Gasteiger partial charge in [0.1, 0.15) is 11.8 Å². The van der Waals surface area contributed by atoms with Gasteiger partial charge in [0, 0.05) is 5.56 Å². The summed E-state index contributed by atoms with van der Waals surface area (Å²) >= 11 is 6.27. The van der Waals surface area contributed by atoms with E-state index in [-0.39, 0.29) is 6.03 Å². The van der Waals surface area contributed by atoms with E-state index in [1.807, 2.05) is 0 Å². The average molecular weight is 306 g/mol. The molecule has 2 aliphatic rings. The lowest BCUT2D eigenvalue weighted by Gasteiger charge is -2.43. The second-order valence-electron chi connectivity index (χ2n) is 5.52. The molecule has 0 unspecified atom stereocenters. The van der Waals surface area contributed by atoms with Gasteiger partial charge in [0.15, 0.2) is 0 Å². The first kappa shape index (κ1) is 14.0. The molecule has 1 fully saturated rings. The van der Waals surface area contributed by atoms with Gasteiger partial charge in [0.25, 0.3) is 0 Å². The molecule has 1 aliphatic carbocycles. The van der Waals surface area contributed by atoms with Gasteiger partial charge in [-0.15, -0.1) is 0 Å². The normalized spacial score (nSPS) is 19.2. The molecular weight excluding hydrogens is 290 g/mol. The summed E-state index contributed by atoms with van der Waals surface area (Å²) in [6, 6.07) is 3.41. The molecule has 0 radical (unpaired) electrons. The van der Waals surface area contributed by atoms with Crippen molar-refractivity contribution >= 4 is 23.3 Å². The van der Waals surface area contributed by atoms with E-state index >= 15 is 0 Å². The molecule has 1 saturated carbocycles. The number of nitriles is 1. The maximum atomic E-state index is 12.0. The van der Waals surface area contributed by atoms with Crippen LogP contribution >= 0.6 is 11.6 Å². The predicted octanol–water partition coefficient (Wildman–Crippen LogP) is 3.51. The molecule has 1 spiro atoms.